The smallest absolute Gasteiger partial charge is 0.258 e. The van der Waals surface area contributed by atoms with E-state index in [4.69, 9.17) is 9.47 Å². The first-order chi connectivity index (χ1) is 13.6. The topological polar surface area (TPSA) is 91.2 Å². The van der Waals surface area contributed by atoms with Gasteiger partial charge in [-0.1, -0.05) is 0 Å². The molecule has 4 rings (SSSR count). The number of rotatable bonds is 5. The number of amides is 1. The van der Waals surface area contributed by atoms with Gasteiger partial charge in [0.1, 0.15) is 17.0 Å². The number of anilines is 1. The Morgan fingerprint density at radius 2 is 1.86 bits per heavy atom. The van der Waals surface area contributed by atoms with Crippen LogP contribution in [0.5, 0.6) is 11.5 Å². The van der Waals surface area contributed by atoms with Crippen LogP contribution in [0.1, 0.15) is 17.3 Å². The highest BCUT2D eigenvalue weighted by atomic mass is 16.5. The lowest BCUT2D eigenvalue weighted by Gasteiger charge is -2.05. The Morgan fingerprint density at radius 1 is 1.11 bits per heavy atom. The van der Waals surface area contributed by atoms with Crippen molar-refractivity contribution in [2.45, 2.75) is 6.92 Å². The summed E-state index contributed by atoms with van der Waals surface area (Å²) in [7, 11) is 3.51. The number of aromatic nitrogens is 4. The number of benzene rings is 2. The molecule has 0 aliphatic rings. The number of hydrogen-bond acceptors (Lipinski definition) is 6. The Bertz CT molecular complexity index is 1170. The first-order valence-corrected chi connectivity index (χ1v) is 8.81. The van der Waals surface area contributed by atoms with Crippen LogP contribution in [0.4, 0.5) is 5.95 Å². The van der Waals surface area contributed by atoms with E-state index in [1.54, 1.807) is 31.4 Å². The van der Waals surface area contributed by atoms with Crippen LogP contribution in [-0.2, 0) is 7.05 Å². The Hall–Kier alpha value is -3.68. The fourth-order valence-corrected chi connectivity index (χ4v) is 3.06. The van der Waals surface area contributed by atoms with Crippen molar-refractivity contribution in [1.29, 1.82) is 0 Å². The molecule has 0 aliphatic heterocycles. The third-order valence-electron chi connectivity index (χ3n) is 4.46. The Morgan fingerprint density at radius 3 is 2.57 bits per heavy atom. The number of methoxy groups -OCH3 is 1. The average Bonchev–Trinajstić information content (AvgIpc) is 3.00. The van der Waals surface area contributed by atoms with Gasteiger partial charge >= 0.3 is 0 Å². The van der Waals surface area contributed by atoms with Crippen molar-refractivity contribution in [3.05, 3.63) is 48.0 Å². The minimum atomic E-state index is -0.315. The molecule has 2 aromatic heterocycles. The number of ether oxygens (including phenoxy) is 2. The zero-order valence-electron chi connectivity index (χ0n) is 15.8. The summed E-state index contributed by atoms with van der Waals surface area (Å²) in [5, 5.41) is 11.9. The summed E-state index contributed by atoms with van der Waals surface area (Å²) in [5.41, 5.74) is 2.71. The van der Waals surface area contributed by atoms with Gasteiger partial charge in [0.05, 0.1) is 19.2 Å². The third-order valence-corrected chi connectivity index (χ3v) is 4.46. The van der Waals surface area contributed by atoms with Gasteiger partial charge in [0.25, 0.3) is 11.9 Å². The highest BCUT2D eigenvalue weighted by molar-refractivity contribution is 6.06. The summed E-state index contributed by atoms with van der Waals surface area (Å²) in [4.78, 5) is 16.9. The fraction of sp³-hybridized carbons (Fsp3) is 0.200. The van der Waals surface area contributed by atoms with Gasteiger partial charge < -0.3 is 14.0 Å². The number of aryl methyl sites for hydroxylation is 1. The van der Waals surface area contributed by atoms with Crippen LogP contribution >= 0.6 is 0 Å². The molecule has 0 radical (unpaired) electrons. The minimum absolute atomic E-state index is 0.143. The van der Waals surface area contributed by atoms with Crippen LogP contribution in [0.25, 0.3) is 22.1 Å². The minimum Gasteiger partial charge on any atom is -0.497 e. The van der Waals surface area contributed by atoms with Crippen LogP contribution in [0.15, 0.2) is 42.5 Å². The normalized spacial score (nSPS) is 11.0. The summed E-state index contributed by atoms with van der Waals surface area (Å²) >= 11 is 0. The van der Waals surface area contributed by atoms with E-state index in [0.29, 0.717) is 29.1 Å². The number of nitrogens with zero attached hydrogens (tertiary/aromatic N) is 4. The lowest BCUT2D eigenvalue weighted by molar-refractivity contribution is 0.102. The van der Waals surface area contributed by atoms with Gasteiger partial charge in [-0.15, -0.1) is 10.2 Å². The molecule has 1 N–H and O–H groups in total. The van der Waals surface area contributed by atoms with E-state index < -0.39 is 0 Å². The standard InChI is InChI=1S/C20H19N5O3/c1-4-28-13-7-5-12(6-8-13)19(26)22-20-21-18-17(23-24-20)15-11-14(27-3)9-10-16(15)25(18)2/h5-11H,4H2,1-3H3,(H,21,22,24,26). The van der Waals surface area contributed by atoms with Crippen molar-refractivity contribution >= 4 is 33.9 Å². The predicted molar refractivity (Wildman–Crippen MR) is 106 cm³/mol. The number of fused-ring (bicyclic) bond motifs is 3. The SMILES string of the molecule is CCOc1ccc(C(=O)Nc2nnc3c4cc(OC)ccc4n(C)c3n2)cc1. The van der Waals surface area contributed by atoms with E-state index in [1.807, 2.05) is 36.7 Å². The van der Waals surface area contributed by atoms with Crippen molar-refractivity contribution in [2.24, 2.45) is 7.05 Å². The fourth-order valence-electron chi connectivity index (χ4n) is 3.06. The summed E-state index contributed by atoms with van der Waals surface area (Å²) < 4.78 is 12.6. The van der Waals surface area contributed by atoms with Crippen LogP contribution in [0, 0.1) is 0 Å². The van der Waals surface area contributed by atoms with Crippen molar-refractivity contribution in [2.75, 3.05) is 19.0 Å². The van der Waals surface area contributed by atoms with E-state index in [-0.39, 0.29) is 11.9 Å². The highest BCUT2D eigenvalue weighted by Crippen LogP contribution is 2.28. The molecule has 0 atom stereocenters. The second kappa shape index (κ2) is 7.15. The first-order valence-electron chi connectivity index (χ1n) is 8.81. The van der Waals surface area contributed by atoms with E-state index >= 15 is 0 Å². The molecule has 2 heterocycles. The second-order valence-corrected chi connectivity index (χ2v) is 6.16. The molecule has 1 amide bonds. The maximum Gasteiger partial charge on any atom is 0.258 e. The zero-order chi connectivity index (χ0) is 19.7. The van der Waals surface area contributed by atoms with Crippen LogP contribution in [0.3, 0.4) is 0 Å². The van der Waals surface area contributed by atoms with E-state index in [9.17, 15) is 4.79 Å². The molecule has 142 valence electrons. The molecule has 0 bridgehead atoms. The molecule has 8 heteroatoms. The second-order valence-electron chi connectivity index (χ2n) is 6.16. The van der Waals surface area contributed by atoms with Crippen LogP contribution in [-0.4, -0.2) is 39.4 Å². The van der Waals surface area contributed by atoms with Crippen molar-refractivity contribution in [3.63, 3.8) is 0 Å². The lowest BCUT2D eigenvalue weighted by atomic mass is 10.2. The van der Waals surface area contributed by atoms with Gasteiger partial charge in [-0.05, 0) is 49.4 Å². The quantitative estimate of drug-likeness (QED) is 0.574. The number of carbonyl (C=O) groups excluding carboxylic acids is 1. The van der Waals surface area contributed by atoms with Gasteiger partial charge in [0, 0.05) is 18.0 Å². The Balaban J connectivity index is 1.65. The van der Waals surface area contributed by atoms with E-state index in [2.05, 4.69) is 20.5 Å². The lowest BCUT2D eigenvalue weighted by Crippen LogP contribution is -2.15. The molecular formula is C20H19N5O3. The summed E-state index contributed by atoms with van der Waals surface area (Å²) in [6.45, 7) is 2.48. The average molecular weight is 377 g/mol. The van der Waals surface area contributed by atoms with E-state index in [1.165, 1.54) is 0 Å². The molecule has 0 fully saturated rings. The Labute approximate surface area is 161 Å². The van der Waals surface area contributed by atoms with Gasteiger partial charge in [0.15, 0.2) is 5.65 Å². The maximum absolute atomic E-state index is 12.5. The largest absolute Gasteiger partial charge is 0.497 e. The third kappa shape index (κ3) is 3.09. The van der Waals surface area contributed by atoms with Crippen molar-refractivity contribution in [3.8, 4) is 11.5 Å². The Kier molecular flexibility index (Phi) is 4.52. The molecule has 0 spiro atoms. The van der Waals surface area contributed by atoms with Gasteiger partial charge in [-0.3, -0.25) is 10.1 Å². The number of carbonyl (C=O) groups is 1. The molecule has 4 aromatic rings. The highest BCUT2D eigenvalue weighted by Gasteiger charge is 2.15. The van der Waals surface area contributed by atoms with Gasteiger partial charge in [-0.2, -0.15) is 4.98 Å². The molecule has 0 aliphatic carbocycles. The summed E-state index contributed by atoms with van der Waals surface area (Å²) in [5.74, 6) is 1.27. The first kappa shape index (κ1) is 17.7. The maximum atomic E-state index is 12.5. The van der Waals surface area contributed by atoms with Gasteiger partial charge in [0.2, 0.25) is 0 Å². The number of nitrogens with one attached hydrogen (secondary N) is 1. The zero-order valence-corrected chi connectivity index (χ0v) is 15.8. The van der Waals surface area contributed by atoms with Crippen LogP contribution < -0.4 is 14.8 Å². The summed E-state index contributed by atoms with van der Waals surface area (Å²) in [6.07, 6.45) is 0. The van der Waals surface area contributed by atoms with Crippen molar-refractivity contribution in [1.82, 2.24) is 19.7 Å². The number of hydrogen-bond donors (Lipinski definition) is 1. The van der Waals surface area contributed by atoms with Crippen molar-refractivity contribution < 1.29 is 14.3 Å². The van der Waals surface area contributed by atoms with Crippen LogP contribution in [0.2, 0.25) is 0 Å². The molecule has 0 saturated heterocycles. The molecular weight excluding hydrogens is 358 g/mol. The molecule has 0 unspecified atom stereocenters. The monoisotopic (exact) mass is 377 g/mol. The van der Waals surface area contributed by atoms with E-state index in [0.717, 1.165) is 16.7 Å². The molecule has 2 aromatic carbocycles. The molecule has 8 nitrogen and oxygen atoms in total. The molecule has 28 heavy (non-hydrogen) atoms. The van der Waals surface area contributed by atoms with Gasteiger partial charge in [-0.25, -0.2) is 0 Å². The summed E-state index contributed by atoms with van der Waals surface area (Å²) in [6, 6.07) is 12.6. The predicted octanol–water partition coefficient (Wildman–Crippen LogP) is 3.18. The molecule has 0 saturated carbocycles.